The molecule has 0 saturated carbocycles. The molecule has 1 atom stereocenters. The number of aliphatic imine (C=N–C) groups is 1. The lowest BCUT2D eigenvalue weighted by Crippen LogP contribution is -2.33. The van der Waals surface area contributed by atoms with Crippen LogP contribution in [0.4, 0.5) is 0 Å². The summed E-state index contributed by atoms with van der Waals surface area (Å²) in [7, 11) is 0. The van der Waals surface area contributed by atoms with E-state index in [0.717, 1.165) is 17.7 Å². The fourth-order valence-electron chi connectivity index (χ4n) is 3.55. The first-order chi connectivity index (χ1) is 15.0. The van der Waals surface area contributed by atoms with Gasteiger partial charge >= 0.3 is 0 Å². The Balaban J connectivity index is 1.93. The van der Waals surface area contributed by atoms with Crippen molar-refractivity contribution in [1.82, 2.24) is 5.32 Å². The Bertz CT molecular complexity index is 961. The van der Waals surface area contributed by atoms with Crippen molar-refractivity contribution in [3.63, 3.8) is 0 Å². The van der Waals surface area contributed by atoms with Crippen LogP contribution in [-0.4, -0.2) is 37.3 Å². The minimum Gasteiger partial charge on any atom is -0.490 e. The summed E-state index contributed by atoms with van der Waals surface area (Å²) in [5, 5.41) is 2.84. The van der Waals surface area contributed by atoms with Crippen LogP contribution in [0.1, 0.15) is 44.5 Å². The fourth-order valence-corrected chi connectivity index (χ4v) is 3.55. The van der Waals surface area contributed by atoms with Gasteiger partial charge in [-0.1, -0.05) is 18.6 Å². The van der Waals surface area contributed by atoms with Crippen LogP contribution in [0.3, 0.4) is 0 Å². The van der Waals surface area contributed by atoms with Crippen molar-refractivity contribution in [3.05, 3.63) is 53.3 Å². The molecule has 2 amide bonds. The van der Waals surface area contributed by atoms with Gasteiger partial charge in [-0.05, 0) is 51.5 Å². The normalized spacial score (nSPS) is 18.6. The van der Waals surface area contributed by atoms with E-state index in [1.165, 1.54) is 0 Å². The van der Waals surface area contributed by atoms with Crippen molar-refractivity contribution in [2.24, 2.45) is 10.9 Å². The van der Waals surface area contributed by atoms with E-state index in [4.69, 9.17) is 14.2 Å². The average Bonchev–Trinajstić information content (AvgIpc) is 2.75. The summed E-state index contributed by atoms with van der Waals surface area (Å²) in [6.07, 6.45) is 7.90. The van der Waals surface area contributed by atoms with Crippen molar-refractivity contribution in [1.29, 1.82) is 0 Å². The molecule has 0 fully saturated rings. The highest BCUT2D eigenvalue weighted by atomic mass is 16.5. The molecule has 1 aliphatic carbocycles. The predicted molar refractivity (Wildman–Crippen MR) is 119 cm³/mol. The maximum Gasteiger partial charge on any atom is 0.277 e. The van der Waals surface area contributed by atoms with E-state index in [2.05, 4.69) is 10.3 Å². The first-order valence-corrected chi connectivity index (χ1v) is 10.6. The Labute approximate surface area is 182 Å². The number of benzene rings is 1. The third-order valence-corrected chi connectivity index (χ3v) is 4.88. The van der Waals surface area contributed by atoms with Crippen LogP contribution in [-0.2, 0) is 4.79 Å². The molecular formula is C24H28N2O5. The van der Waals surface area contributed by atoms with E-state index < -0.39 is 5.91 Å². The van der Waals surface area contributed by atoms with E-state index in [1.807, 2.05) is 33.8 Å². The Morgan fingerprint density at radius 1 is 1.00 bits per heavy atom. The molecule has 0 radical (unpaired) electrons. The smallest absolute Gasteiger partial charge is 0.277 e. The summed E-state index contributed by atoms with van der Waals surface area (Å²) in [5.74, 6) is 0.767. The fraction of sp³-hybridized carbons (Fsp3) is 0.375. The van der Waals surface area contributed by atoms with Crippen LogP contribution in [0.25, 0.3) is 0 Å². The highest BCUT2D eigenvalue weighted by Gasteiger charge is 2.25. The van der Waals surface area contributed by atoms with Gasteiger partial charge in [0, 0.05) is 23.3 Å². The van der Waals surface area contributed by atoms with Gasteiger partial charge in [-0.15, -0.1) is 0 Å². The van der Waals surface area contributed by atoms with Crippen LogP contribution in [0.15, 0.2) is 52.7 Å². The number of carbonyl (C=O) groups excluding carboxylic acids is 2. The molecule has 31 heavy (non-hydrogen) atoms. The number of nitrogens with one attached hydrogen (secondary N) is 1. The number of nitrogens with zero attached hydrogens (tertiary/aromatic N) is 1. The van der Waals surface area contributed by atoms with Gasteiger partial charge in [-0.3, -0.25) is 9.59 Å². The van der Waals surface area contributed by atoms with Gasteiger partial charge in [-0.2, -0.15) is 0 Å². The molecule has 0 saturated heterocycles. The van der Waals surface area contributed by atoms with Gasteiger partial charge < -0.3 is 19.5 Å². The minimum atomic E-state index is -0.437. The van der Waals surface area contributed by atoms with Crippen molar-refractivity contribution >= 4 is 17.5 Å². The maximum absolute atomic E-state index is 12.9. The molecule has 0 bridgehead atoms. The Morgan fingerprint density at radius 3 is 2.23 bits per heavy atom. The van der Waals surface area contributed by atoms with E-state index in [1.54, 1.807) is 30.4 Å². The molecule has 2 aliphatic rings. The number of hydrogen-bond acceptors (Lipinski definition) is 5. The van der Waals surface area contributed by atoms with Crippen molar-refractivity contribution in [2.75, 3.05) is 19.8 Å². The quantitative estimate of drug-likeness (QED) is 0.682. The molecule has 164 valence electrons. The van der Waals surface area contributed by atoms with Gasteiger partial charge in [0.15, 0.2) is 11.5 Å². The maximum atomic E-state index is 12.9. The number of allylic oxidation sites excluding steroid dienone is 3. The highest BCUT2D eigenvalue weighted by Crippen LogP contribution is 2.39. The minimum absolute atomic E-state index is 0.0105. The largest absolute Gasteiger partial charge is 0.490 e. The lowest BCUT2D eigenvalue weighted by atomic mass is 9.86. The van der Waals surface area contributed by atoms with Gasteiger partial charge in [0.05, 0.1) is 25.5 Å². The summed E-state index contributed by atoms with van der Waals surface area (Å²) in [6, 6.07) is 3.23. The lowest BCUT2D eigenvalue weighted by molar-refractivity contribution is -0.116. The summed E-state index contributed by atoms with van der Waals surface area (Å²) in [5.41, 5.74) is 2.57. The molecule has 1 aromatic rings. The zero-order chi connectivity index (χ0) is 22.4. The van der Waals surface area contributed by atoms with Crippen LogP contribution in [0, 0.1) is 5.92 Å². The van der Waals surface area contributed by atoms with E-state index in [-0.39, 0.29) is 11.8 Å². The molecule has 1 aliphatic heterocycles. The van der Waals surface area contributed by atoms with Gasteiger partial charge in [-0.25, -0.2) is 4.99 Å². The van der Waals surface area contributed by atoms with Gasteiger partial charge in [0.2, 0.25) is 11.7 Å². The number of hydrogen-bond donors (Lipinski definition) is 1. The molecule has 3 rings (SSSR count). The Hall–Kier alpha value is -3.35. The van der Waals surface area contributed by atoms with Crippen molar-refractivity contribution in [2.45, 2.75) is 34.1 Å². The molecule has 1 heterocycles. The molecule has 1 aromatic carbocycles. The van der Waals surface area contributed by atoms with Crippen LogP contribution >= 0.6 is 0 Å². The Morgan fingerprint density at radius 2 is 1.65 bits per heavy atom. The third-order valence-electron chi connectivity index (χ3n) is 4.88. The molecular weight excluding hydrogens is 396 g/mol. The number of ether oxygens (including phenoxy) is 3. The predicted octanol–water partition coefficient (Wildman–Crippen LogP) is 4.00. The van der Waals surface area contributed by atoms with Gasteiger partial charge in [0.1, 0.15) is 0 Å². The molecule has 1 N–H and O–H groups in total. The van der Waals surface area contributed by atoms with Crippen LogP contribution < -0.4 is 19.5 Å². The first-order valence-electron chi connectivity index (χ1n) is 10.6. The number of carbonyl (C=O) groups is 2. The van der Waals surface area contributed by atoms with E-state index >= 15 is 0 Å². The zero-order valence-corrected chi connectivity index (χ0v) is 18.4. The Kier molecular flexibility index (Phi) is 7.28. The SMILES string of the molecule is CCOc1cc(C(=O)N=C2C=CC3C(CC)=CC(=O)NC3=C2)cc(OCC)c1OCC. The van der Waals surface area contributed by atoms with Crippen molar-refractivity contribution < 1.29 is 23.8 Å². The van der Waals surface area contributed by atoms with E-state index in [0.29, 0.717) is 48.3 Å². The number of amides is 2. The molecule has 1 unspecified atom stereocenters. The van der Waals surface area contributed by atoms with Gasteiger partial charge in [0.25, 0.3) is 5.91 Å². The van der Waals surface area contributed by atoms with E-state index in [9.17, 15) is 9.59 Å². The monoisotopic (exact) mass is 424 g/mol. The highest BCUT2D eigenvalue weighted by molar-refractivity contribution is 6.14. The summed E-state index contributed by atoms with van der Waals surface area (Å²) < 4.78 is 17.0. The number of rotatable bonds is 8. The molecule has 7 heteroatoms. The lowest BCUT2D eigenvalue weighted by Gasteiger charge is -2.26. The molecule has 7 nitrogen and oxygen atoms in total. The number of fused-ring (bicyclic) bond motifs is 1. The molecule has 0 spiro atoms. The third kappa shape index (κ3) is 5.05. The second-order valence-corrected chi connectivity index (χ2v) is 6.94. The summed E-state index contributed by atoms with van der Waals surface area (Å²) >= 11 is 0. The standard InChI is InChI=1S/C24H28N2O5/c1-5-15-13-22(27)26-19-14-17(9-10-18(15)19)25-24(28)16-11-20(29-6-2)23(31-8-4)21(12-16)30-7-3/h9-14,18H,5-8H2,1-4H3,(H,26,27). The zero-order valence-electron chi connectivity index (χ0n) is 18.4. The van der Waals surface area contributed by atoms with Crippen LogP contribution in [0.2, 0.25) is 0 Å². The topological polar surface area (TPSA) is 86.2 Å². The first kappa shape index (κ1) is 22.3. The molecule has 0 aromatic heterocycles. The summed E-state index contributed by atoms with van der Waals surface area (Å²) in [4.78, 5) is 29.1. The average molecular weight is 424 g/mol. The van der Waals surface area contributed by atoms with Crippen molar-refractivity contribution in [3.8, 4) is 17.2 Å². The van der Waals surface area contributed by atoms with Crippen LogP contribution in [0.5, 0.6) is 17.2 Å². The second-order valence-electron chi connectivity index (χ2n) is 6.94. The summed E-state index contributed by atoms with van der Waals surface area (Å²) in [6.45, 7) is 8.88. The second kappa shape index (κ2) is 10.1.